The van der Waals surface area contributed by atoms with Crippen LogP contribution in [0.15, 0.2) is 261 Å². The molecule has 1 aromatic heterocycles. The maximum atomic E-state index is 9.08. The Morgan fingerprint density at radius 2 is 1.07 bits per heavy atom. The highest BCUT2D eigenvalue weighted by Crippen LogP contribution is 2.53. The fraction of sp³-hybridized carbons (Fsp3) is 0.122. The summed E-state index contributed by atoms with van der Waals surface area (Å²) in [5, 5.41) is 1.57. The van der Waals surface area contributed by atoms with Gasteiger partial charge in [0.1, 0.15) is 11.5 Å². The standard InChI is InChI=1S/C82H67BN4O/c1-52-43-76-80-78(44-52)88-77-50-67-65-40-38-63(85(59-27-17-11-18-28-59)60-29-19-12-20-30-60)49-69(65)82(7,8)70(67)51-72(77)83(80)71-41-35-56(81(4,5)6)47-75(71)86(76)61-36-33-55(34-37-61)79-53(2)45-64(46-54(79)3)87-73-32-22-21-31-66(73)68-48-62(39-42-74(68)87)84(57-23-13-9-14-24-57)58-25-15-10-16-26-58/h9-51H,1-8H3/i9D,10D,13D,14D,15D,16D,23D,24D,25D,26D. The normalized spacial score (nSPS) is 15.0. The lowest BCUT2D eigenvalue weighted by atomic mass is 9.34. The van der Waals surface area contributed by atoms with Gasteiger partial charge in [-0.15, -0.1) is 0 Å². The van der Waals surface area contributed by atoms with Gasteiger partial charge < -0.3 is 24.0 Å². The van der Waals surface area contributed by atoms with Gasteiger partial charge in [0.25, 0.3) is 6.71 Å². The number of hydrogen-bond acceptors (Lipinski definition) is 4. The number of rotatable bonds is 9. The van der Waals surface area contributed by atoms with Gasteiger partial charge >= 0.3 is 0 Å². The van der Waals surface area contributed by atoms with E-state index in [0.717, 1.165) is 112 Å². The van der Waals surface area contributed by atoms with Crippen molar-refractivity contribution in [1.82, 2.24) is 4.57 Å². The monoisotopic (exact) mass is 1140 g/mol. The molecule has 0 fully saturated rings. The van der Waals surface area contributed by atoms with Gasteiger partial charge in [-0.2, -0.15) is 0 Å². The molecule has 0 N–H and O–H groups in total. The van der Waals surface area contributed by atoms with Crippen LogP contribution in [0.3, 0.4) is 0 Å². The third-order valence-corrected chi connectivity index (χ3v) is 18.4. The maximum absolute atomic E-state index is 9.08. The van der Waals surface area contributed by atoms with Crippen LogP contribution in [0.2, 0.25) is 0 Å². The van der Waals surface area contributed by atoms with Gasteiger partial charge in [-0.25, -0.2) is 0 Å². The van der Waals surface area contributed by atoms with Crippen molar-refractivity contribution in [2.45, 2.75) is 66.2 Å². The van der Waals surface area contributed by atoms with Crippen molar-refractivity contribution in [3.63, 3.8) is 0 Å². The molecule has 0 radical (unpaired) electrons. The van der Waals surface area contributed by atoms with E-state index in [1.165, 1.54) is 38.2 Å². The average molecular weight is 1150 g/mol. The van der Waals surface area contributed by atoms with Crippen LogP contribution >= 0.6 is 0 Å². The Balaban J connectivity index is 0.775. The molecule has 12 aromatic carbocycles. The van der Waals surface area contributed by atoms with E-state index >= 15 is 0 Å². The summed E-state index contributed by atoms with van der Waals surface area (Å²) in [7, 11) is 0. The molecule has 3 aliphatic rings. The molecule has 2 aliphatic heterocycles. The minimum atomic E-state index is -0.625. The summed E-state index contributed by atoms with van der Waals surface area (Å²) in [5.41, 5.74) is 23.2. The SMILES string of the molecule is [2H]c1c([2H])c([2H])c(N(c2ccc3c(c2)c2ccccc2n3-c2cc(C)c(-c3ccc(N4c5cc(C(C)(C)C)ccc5B5c6cc7c(cc6Oc6cc(C)cc4c65)-c4ccc(N(c5ccccc5)c5ccccc5)cc4C7(C)C)cc3)c(C)c2)c2c([2H])c([2H])c([2H])c([2H])c2[2H])c([2H])c1[2H]. The number of benzene rings is 12. The molecule has 0 unspecified atom stereocenters. The third kappa shape index (κ3) is 8.44. The molecule has 16 rings (SSSR count). The topological polar surface area (TPSA) is 23.9 Å². The first kappa shape index (κ1) is 43.3. The lowest BCUT2D eigenvalue weighted by molar-refractivity contribution is 0.487. The molecule has 13 aromatic rings. The second-order valence-electron chi connectivity index (χ2n) is 25.2. The zero-order chi connectivity index (χ0) is 68.4. The van der Waals surface area contributed by atoms with Crippen LogP contribution in [-0.4, -0.2) is 11.3 Å². The van der Waals surface area contributed by atoms with E-state index in [-0.39, 0.29) is 34.6 Å². The van der Waals surface area contributed by atoms with Crippen LogP contribution in [0.25, 0.3) is 49.7 Å². The summed E-state index contributed by atoms with van der Waals surface area (Å²) in [5.74, 6) is 1.73. The maximum Gasteiger partial charge on any atom is 0.256 e. The van der Waals surface area contributed by atoms with Gasteiger partial charge in [-0.05, 0) is 232 Å². The number of aromatic nitrogens is 1. The fourth-order valence-electron chi connectivity index (χ4n) is 14.3. The zero-order valence-corrected chi connectivity index (χ0v) is 50.3. The lowest BCUT2D eigenvalue weighted by Crippen LogP contribution is -2.59. The molecule has 88 heavy (non-hydrogen) atoms. The Morgan fingerprint density at radius 3 is 1.74 bits per heavy atom. The van der Waals surface area contributed by atoms with Gasteiger partial charge in [0.15, 0.2) is 0 Å². The zero-order valence-electron chi connectivity index (χ0n) is 60.3. The summed E-state index contributed by atoms with van der Waals surface area (Å²) in [6, 6.07) is 65.0. The largest absolute Gasteiger partial charge is 0.458 e. The molecule has 424 valence electrons. The van der Waals surface area contributed by atoms with E-state index in [0.29, 0.717) is 0 Å². The smallest absolute Gasteiger partial charge is 0.256 e. The Labute approximate surface area is 531 Å². The second-order valence-corrected chi connectivity index (χ2v) is 25.2. The highest BCUT2D eigenvalue weighted by atomic mass is 16.5. The van der Waals surface area contributed by atoms with Gasteiger partial charge in [0, 0.05) is 73.1 Å². The summed E-state index contributed by atoms with van der Waals surface area (Å²) in [4.78, 5) is 5.98. The Morgan fingerprint density at radius 1 is 0.466 bits per heavy atom. The van der Waals surface area contributed by atoms with Crippen LogP contribution < -0.4 is 35.8 Å². The van der Waals surface area contributed by atoms with E-state index in [1.807, 2.05) is 30.3 Å². The summed E-state index contributed by atoms with van der Waals surface area (Å²) < 4.78 is 97.0. The van der Waals surface area contributed by atoms with Crippen LogP contribution in [-0.2, 0) is 10.8 Å². The Kier molecular flexibility index (Phi) is 9.92. The quantitative estimate of drug-likeness (QED) is 0.134. The summed E-state index contributed by atoms with van der Waals surface area (Å²) >= 11 is 0. The minimum absolute atomic E-state index is 0.112. The fourth-order valence-corrected chi connectivity index (χ4v) is 14.3. The summed E-state index contributed by atoms with van der Waals surface area (Å²) in [6.45, 7) is 17.9. The van der Waals surface area contributed by atoms with E-state index in [4.69, 9.17) is 18.4 Å². The molecule has 0 bridgehead atoms. The van der Waals surface area contributed by atoms with Crippen molar-refractivity contribution < 1.29 is 18.4 Å². The molecule has 0 saturated carbocycles. The molecule has 0 atom stereocenters. The van der Waals surface area contributed by atoms with Crippen LogP contribution in [0.1, 0.15) is 81.7 Å². The molecule has 6 heteroatoms. The van der Waals surface area contributed by atoms with Gasteiger partial charge in [-0.3, -0.25) is 0 Å². The van der Waals surface area contributed by atoms with Crippen molar-refractivity contribution in [3.05, 3.63) is 294 Å². The molecule has 1 aliphatic carbocycles. The molecule has 0 amide bonds. The van der Waals surface area contributed by atoms with Crippen molar-refractivity contribution in [2.24, 2.45) is 0 Å². The second kappa shape index (κ2) is 20.2. The molecule has 0 saturated heterocycles. The number of para-hydroxylation sites is 5. The number of hydrogen-bond donors (Lipinski definition) is 0. The van der Waals surface area contributed by atoms with Gasteiger partial charge in [-0.1, -0.05) is 162 Å². The number of ether oxygens (including phenoxy) is 1. The summed E-state index contributed by atoms with van der Waals surface area (Å²) in [6.07, 6.45) is 0. The molecular weight excluding hydrogens is 1070 g/mol. The van der Waals surface area contributed by atoms with Crippen molar-refractivity contribution in [2.75, 3.05) is 14.7 Å². The van der Waals surface area contributed by atoms with Crippen LogP contribution in [0, 0.1) is 20.8 Å². The number of fused-ring (bicyclic) bond motifs is 10. The lowest BCUT2D eigenvalue weighted by Gasteiger charge is -2.41. The minimum Gasteiger partial charge on any atom is -0.458 e. The van der Waals surface area contributed by atoms with Gasteiger partial charge in [0.2, 0.25) is 0 Å². The van der Waals surface area contributed by atoms with Crippen LogP contribution in [0.4, 0.5) is 51.2 Å². The van der Waals surface area contributed by atoms with Crippen molar-refractivity contribution in [3.8, 4) is 39.4 Å². The number of nitrogens with zero attached hydrogens (tertiary/aromatic N) is 4. The molecular formula is C82H67BN4O. The Hall–Kier alpha value is -10.3. The molecule has 3 heterocycles. The van der Waals surface area contributed by atoms with Crippen molar-refractivity contribution in [1.29, 1.82) is 0 Å². The van der Waals surface area contributed by atoms with E-state index in [1.54, 1.807) is 12.1 Å². The van der Waals surface area contributed by atoms with Crippen LogP contribution in [0.5, 0.6) is 11.5 Å². The third-order valence-electron chi connectivity index (χ3n) is 18.4. The molecule has 0 spiro atoms. The Bertz CT molecular complexity index is 5380. The van der Waals surface area contributed by atoms with E-state index < -0.39 is 60.4 Å². The number of aryl methyl sites for hydroxylation is 3. The van der Waals surface area contributed by atoms with E-state index in [2.05, 4.69) is 227 Å². The van der Waals surface area contributed by atoms with Gasteiger partial charge in [0.05, 0.1) is 24.7 Å². The first-order chi connectivity index (χ1) is 46.9. The first-order valence-corrected chi connectivity index (χ1v) is 30.1. The molecule has 5 nitrogen and oxygen atoms in total. The first-order valence-electron chi connectivity index (χ1n) is 35.1. The number of anilines is 9. The predicted molar refractivity (Wildman–Crippen MR) is 372 cm³/mol. The average Bonchev–Trinajstić information content (AvgIpc) is 1.09. The highest BCUT2D eigenvalue weighted by molar-refractivity contribution is 6.99. The highest BCUT2D eigenvalue weighted by Gasteiger charge is 2.45. The van der Waals surface area contributed by atoms with E-state index in [9.17, 15) is 0 Å². The predicted octanol–water partition coefficient (Wildman–Crippen LogP) is 20.3. The van der Waals surface area contributed by atoms with Crippen molar-refractivity contribution >= 4 is 96.1 Å².